The van der Waals surface area contributed by atoms with Crippen LogP contribution >= 0.6 is 15.9 Å². The van der Waals surface area contributed by atoms with E-state index in [9.17, 15) is 4.79 Å². The third-order valence-corrected chi connectivity index (χ3v) is 6.34. The summed E-state index contributed by atoms with van der Waals surface area (Å²) < 4.78 is 2.81. The van der Waals surface area contributed by atoms with Crippen LogP contribution in [0, 0.1) is 0 Å². The van der Waals surface area contributed by atoms with Gasteiger partial charge < -0.3 is 5.32 Å². The minimum Gasteiger partial charge on any atom is -0.346 e. The van der Waals surface area contributed by atoms with E-state index in [1.165, 1.54) is 5.56 Å². The summed E-state index contributed by atoms with van der Waals surface area (Å²) in [5.74, 6) is 0.170. The van der Waals surface area contributed by atoms with Gasteiger partial charge in [-0.1, -0.05) is 45.4 Å². The summed E-state index contributed by atoms with van der Waals surface area (Å²) in [6.45, 7) is 5.67. The number of amides is 1. The lowest BCUT2D eigenvalue weighted by Crippen LogP contribution is -2.28. The molecule has 1 amide bonds. The quantitative estimate of drug-likeness (QED) is 0.507. The number of nitrogens with one attached hydrogen (secondary N) is 1. The molecule has 0 saturated heterocycles. The molecule has 7 heteroatoms. The molecule has 1 heterocycles. The molecule has 0 radical (unpaired) electrons. The van der Waals surface area contributed by atoms with Gasteiger partial charge in [0.25, 0.3) is 5.91 Å². The monoisotopic (exact) mass is 481 g/mol. The Hall–Kier alpha value is -2.51. The van der Waals surface area contributed by atoms with Crippen molar-refractivity contribution in [2.75, 3.05) is 7.05 Å². The molecular weight excluding hydrogens is 454 g/mol. The van der Waals surface area contributed by atoms with E-state index in [0.29, 0.717) is 24.2 Å². The van der Waals surface area contributed by atoms with Crippen molar-refractivity contribution in [1.29, 1.82) is 0 Å². The van der Waals surface area contributed by atoms with Gasteiger partial charge in [0.2, 0.25) is 0 Å². The summed E-state index contributed by atoms with van der Waals surface area (Å²) in [4.78, 5) is 15.4. The standard InChI is InChI=1S/C24H28BrN5O/c1-16(2)29(3)15-19-7-5-4-6-18(19)14-26-24(31)22-23(17-8-9-17)30(28-27-22)21-12-10-20(25)11-13-21/h4-7,10-13,16-17H,8-9,14-15H2,1-3H3,(H,26,31). The van der Waals surface area contributed by atoms with Gasteiger partial charge in [0.1, 0.15) is 0 Å². The zero-order valence-electron chi connectivity index (χ0n) is 18.2. The van der Waals surface area contributed by atoms with Crippen molar-refractivity contribution in [3.8, 4) is 5.69 Å². The van der Waals surface area contributed by atoms with E-state index in [0.717, 1.165) is 40.8 Å². The summed E-state index contributed by atoms with van der Waals surface area (Å²) in [7, 11) is 2.11. The Morgan fingerprint density at radius 1 is 1.16 bits per heavy atom. The predicted octanol–water partition coefficient (Wildman–Crippen LogP) is 4.68. The van der Waals surface area contributed by atoms with Crippen LogP contribution in [-0.2, 0) is 13.1 Å². The fourth-order valence-electron chi connectivity index (χ4n) is 3.54. The molecule has 1 aliphatic rings. The number of benzene rings is 2. The summed E-state index contributed by atoms with van der Waals surface area (Å²) in [5, 5.41) is 11.7. The van der Waals surface area contributed by atoms with Crippen molar-refractivity contribution < 1.29 is 4.79 Å². The number of carbonyl (C=O) groups is 1. The second kappa shape index (κ2) is 9.32. The van der Waals surface area contributed by atoms with Crippen molar-refractivity contribution in [3.05, 3.63) is 75.5 Å². The van der Waals surface area contributed by atoms with Gasteiger partial charge in [-0.15, -0.1) is 5.10 Å². The number of hydrogen-bond donors (Lipinski definition) is 1. The number of halogens is 1. The lowest BCUT2D eigenvalue weighted by molar-refractivity contribution is 0.0944. The predicted molar refractivity (Wildman–Crippen MR) is 125 cm³/mol. The molecule has 4 rings (SSSR count). The third-order valence-electron chi connectivity index (χ3n) is 5.81. The van der Waals surface area contributed by atoms with Crippen LogP contribution in [0.4, 0.5) is 0 Å². The Labute approximate surface area is 191 Å². The number of carbonyl (C=O) groups excluding carboxylic acids is 1. The molecule has 2 aromatic carbocycles. The van der Waals surface area contributed by atoms with Crippen LogP contribution in [0.5, 0.6) is 0 Å². The molecule has 0 unspecified atom stereocenters. The summed E-state index contributed by atoms with van der Waals surface area (Å²) in [6, 6.07) is 16.6. The van der Waals surface area contributed by atoms with Gasteiger partial charge in [-0.05, 0) is 69.1 Å². The van der Waals surface area contributed by atoms with Crippen LogP contribution in [0.3, 0.4) is 0 Å². The van der Waals surface area contributed by atoms with E-state index in [1.807, 2.05) is 41.1 Å². The average Bonchev–Trinajstić information content (AvgIpc) is 3.51. The average molecular weight is 482 g/mol. The van der Waals surface area contributed by atoms with Crippen molar-refractivity contribution in [1.82, 2.24) is 25.2 Å². The van der Waals surface area contributed by atoms with E-state index in [1.54, 1.807) is 0 Å². The van der Waals surface area contributed by atoms with Crippen molar-refractivity contribution in [3.63, 3.8) is 0 Å². The lowest BCUT2D eigenvalue weighted by Gasteiger charge is -2.22. The van der Waals surface area contributed by atoms with Crippen LogP contribution in [0.2, 0.25) is 0 Å². The smallest absolute Gasteiger partial charge is 0.274 e. The Balaban J connectivity index is 1.52. The van der Waals surface area contributed by atoms with Crippen LogP contribution in [-0.4, -0.2) is 38.9 Å². The molecular formula is C24H28BrN5O. The molecule has 31 heavy (non-hydrogen) atoms. The minimum absolute atomic E-state index is 0.169. The maximum absolute atomic E-state index is 13.1. The molecule has 6 nitrogen and oxygen atoms in total. The molecule has 0 spiro atoms. The van der Waals surface area contributed by atoms with E-state index < -0.39 is 0 Å². The SMILES string of the molecule is CC(C)N(C)Cc1ccccc1CNC(=O)c1nnn(-c2ccc(Br)cc2)c1C1CC1. The van der Waals surface area contributed by atoms with Gasteiger partial charge in [0, 0.05) is 29.5 Å². The Kier molecular flexibility index (Phi) is 6.53. The van der Waals surface area contributed by atoms with E-state index in [-0.39, 0.29) is 5.91 Å². The second-order valence-corrected chi connectivity index (χ2v) is 9.36. The zero-order valence-corrected chi connectivity index (χ0v) is 19.8. The van der Waals surface area contributed by atoms with Crippen molar-refractivity contribution in [2.24, 2.45) is 0 Å². The zero-order chi connectivity index (χ0) is 22.0. The van der Waals surface area contributed by atoms with Gasteiger partial charge in [-0.25, -0.2) is 4.68 Å². The molecule has 1 fully saturated rings. The molecule has 1 aliphatic carbocycles. The maximum atomic E-state index is 13.1. The first-order valence-corrected chi connectivity index (χ1v) is 11.5. The summed E-state index contributed by atoms with van der Waals surface area (Å²) in [6.07, 6.45) is 2.13. The molecule has 0 aliphatic heterocycles. The third kappa shape index (κ3) is 5.05. The number of aromatic nitrogens is 3. The first-order chi connectivity index (χ1) is 14.9. The second-order valence-electron chi connectivity index (χ2n) is 8.45. The van der Waals surface area contributed by atoms with Crippen molar-refractivity contribution in [2.45, 2.75) is 51.7 Å². The lowest BCUT2D eigenvalue weighted by atomic mass is 10.1. The van der Waals surface area contributed by atoms with Gasteiger partial charge >= 0.3 is 0 Å². The molecule has 1 aromatic heterocycles. The topological polar surface area (TPSA) is 63.1 Å². The van der Waals surface area contributed by atoms with Crippen LogP contribution in [0.15, 0.2) is 53.0 Å². The van der Waals surface area contributed by atoms with E-state index >= 15 is 0 Å². The molecule has 1 N–H and O–H groups in total. The fraction of sp³-hybridized carbons (Fsp3) is 0.375. The summed E-state index contributed by atoms with van der Waals surface area (Å²) in [5.41, 5.74) is 4.60. The molecule has 1 saturated carbocycles. The Bertz CT molecular complexity index is 1060. The first kappa shape index (κ1) is 21.7. The molecule has 162 valence electrons. The maximum Gasteiger partial charge on any atom is 0.274 e. The van der Waals surface area contributed by atoms with Crippen LogP contribution in [0.25, 0.3) is 5.69 Å². The fourth-order valence-corrected chi connectivity index (χ4v) is 3.81. The van der Waals surface area contributed by atoms with Crippen LogP contribution in [0.1, 0.15) is 59.9 Å². The molecule has 0 atom stereocenters. The molecule has 3 aromatic rings. The number of hydrogen-bond acceptors (Lipinski definition) is 4. The van der Waals surface area contributed by atoms with Gasteiger partial charge in [-0.3, -0.25) is 9.69 Å². The molecule has 0 bridgehead atoms. The largest absolute Gasteiger partial charge is 0.346 e. The van der Waals surface area contributed by atoms with Gasteiger partial charge in [0.05, 0.1) is 11.4 Å². The Morgan fingerprint density at radius 3 is 2.48 bits per heavy atom. The number of nitrogens with zero attached hydrogens (tertiary/aromatic N) is 4. The van der Waals surface area contributed by atoms with Crippen LogP contribution < -0.4 is 5.32 Å². The summed E-state index contributed by atoms with van der Waals surface area (Å²) >= 11 is 3.46. The normalized spacial score (nSPS) is 13.7. The van der Waals surface area contributed by atoms with Gasteiger partial charge in [-0.2, -0.15) is 0 Å². The van der Waals surface area contributed by atoms with E-state index in [2.05, 4.69) is 69.5 Å². The first-order valence-electron chi connectivity index (χ1n) is 10.7. The number of rotatable bonds is 8. The van der Waals surface area contributed by atoms with Gasteiger partial charge in [0.15, 0.2) is 5.69 Å². The van der Waals surface area contributed by atoms with E-state index in [4.69, 9.17) is 0 Å². The highest BCUT2D eigenvalue weighted by atomic mass is 79.9. The highest BCUT2D eigenvalue weighted by molar-refractivity contribution is 9.10. The van der Waals surface area contributed by atoms with Crippen molar-refractivity contribution >= 4 is 21.8 Å². The highest BCUT2D eigenvalue weighted by Crippen LogP contribution is 2.42. The highest BCUT2D eigenvalue weighted by Gasteiger charge is 2.34. The Morgan fingerprint density at radius 2 is 1.84 bits per heavy atom. The minimum atomic E-state index is -0.169.